The monoisotopic (exact) mass is 290 g/mol. The SMILES string of the molecule is CCOC(c1noc(-c2cccc(O)c2C)n1)C(C)(C)C. The standard InChI is InChI=1S/C16H22N2O3/c1-6-20-13(16(3,4)5)14-17-15(21-18-14)11-8-7-9-12(19)10(11)2/h7-9,13,19H,6H2,1-5H3. The molecule has 0 bridgehead atoms. The second-order valence-electron chi connectivity index (χ2n) is 6.11. The summed E-state index contributed by atoms with van der Waals surface area (Å²) in [6.07, 6.45) is -0.238. The Morgan fingerprint density at radius 2 is 2.05 bits per heavy atom. The second kappa shape index (κ2) is 5.85. The number of phenols is 1. The van der Waals surface area contributed by atoms with Crippen LogP contribution in [0.4, 0.5) is 0 Å². The lowest BCUT2D eigenvalue weighted by atomic mass is 9.88. The second-order valence-corrected chi connectivity index (χ2v) is 6.11. The van der Waals surface area contributed by atoms with Crippen molar-refractivity contribution in [1.82, 2.24) is 10.1 Å². The maximum atomic E-state index is 9.78. The van der Waals surface area contributed by atoms with Gasteiger partial charge in [-0.25, -0.2) is 0 Å². The van der Waals surface area contributed by atoms with Gasteiger partial charge in [-0.3, -0.25) is 0 Å². The number of ether oxygens (including phenoxy) is 1. The summed E-state index contributed by atoms with van der Waals surface area (Å²) in [6.45, 7) is 10.6. The first-order chi connectivity index (χ1) is 9.84. The van der Waals surface area contributed by atoms with E-state index in [9.17, 15) is 5.11 Å². The van der Waals surface area contributed by atoms with E-state index in [1.165, 1.54) is 0 Å². The number of hydrogen-bond acceptors (Lipinski definition) is 5. The van der Waals surface area contributed by atoms with E-state index in [1.807, 2.05) is 19.9 Å². The molecule has 2 aromatic rings. The number of benzene rings is 1. The number of phenolic OH excluding ortho intramolecular Hbond substituents is 1. The molecule has 1 aromatic carbocycles. The molecule has 1 atom stereocenters. The molecule has 0 saturated carbocycles. The molecule has 0 aliphatic heterocycles. The lowest BCUT2D eigenvalue weighted by molar-refractivity contribution is -0.0203. The van der Waals surface area contributed by atoms with Gasteiger partial charge in [-0.15, -0.1) is 0 Å². The van der Waals surface area contributed by atoms with Gasteiger partial charge in [-0.1, -0.05) is 32.0 Å². The molecule has 0 spiro atoms. The number of nitrogens with zero attached hydrogens (tertiary/aromatic N) is 2. The van der Waals surface area contributed by atoms with Crippen LogP contribution in [0.1, 0.15) is 45.2 Å². The Bertz CT molecular complexity index is 614. The minimum absolute atomic E-state index is 0.134. The van der Waals surface area contributed by atoms with E-state index < -0.39 is 0 Å². The zero-order valence-corrected chi connectivity index (χ0v) is 13.2. The summed E-state index contributed by atoms with van der Waals surface area (Å²) in [4.78, 5) is 4.45. The molecule has 1 heterocycles. The summed E-state index contributed by atoms with van der Waals surface area (Å²) < 4.78 is 11.1. The fraction of sp³-hybridized carbons (Fsp3) is 0.500. The quantitative estimate of drug-likeness (QED) is 0.925. The van der Waals surface area contributed by atoms with Gasteiger partial charge in [0.25, 0.3) is 5.89 Å². The van der Waals surface area contributed by atoms with E-state index in [1.54, 1.807) is 12.1 Å². The fourth-order valence-electron chi connectivity index (χ4n) is 2.18. The topological polar surface area (TPSA) is 68.4 Å². The van der Waals surface area contributed by atoms with Gasteiger partial charge in [-0.05, 0) is 31.4 Å². The minimum atomic E-state index is -0.238. The lowest BCUT2D eigenvalue weighted by Gasteiger charge is -2.27. The van der Waals surface area contributed by atoms with Crippen LogP contribution in [0.5, 0.6) is 5.75 Å². The van der Waals surface area contributed by atoms with Crippen molar-refractivity contribution in [2.24, 2.45) is 5.41 Å². The van der Waals surface area contributed by atoms with Crippen molar-refractivity contribution in [3.8, 4) is 17.2 Å². The first kappa shape index (κ1) is 15.5. The summed E-state index contributed by atoms with van der Waals surface area (Å²) in [5.74, 6) is 1.14. The van der Waals surface area contributed by atoms with E-state index in [2.05, 4.69) is 30.9 Å². The molecule has 5 heteroatoms. The predicted octanol–water partition coefficient (Wildman–Crippen LogP) is 3.87. The van der Waals surface area contributed by atoms with Crippen LogP contribution in [0.15, 0.2) is 22.7 Å². The Labute approximate surface area is 125 Å². The molecule has 1 N–H and O–H groups in total. The highest BCUT2D eigenvalue weighted by atomic mass is 16.5. The van der Waals surface area contributed by atoms with Crippen LogP contribution < -0.4 is 0 Å². The predicted molar refractivity (Wildman–Crippen MR) is 80.0 cm³/mol. The molecular formula is C16H22N2O3. The Hall–Kier alpha value is -1.88. The molecular weight excluding hydrogens is 268 g/mol. The first-order valence-corrected chi connectivity index (χ1v) is 7.08. The molecule has 0 amide bonds. The molecule has 5 nitrogen and oxygen atoms in total. The molecule has 0 fully saturated rings. The largest absolute Gasteiger partial charge is 0.508 e. The van der Waals surface area contributed by atoms with Crippen molar-refractivity contribution in [3.05, 3.63) is 29.6 Å². The van der Waals surface area contributed by atoms with Crippen LogP contribution in [-0.4, -0.2) is 21.9 Å². The van der Waals surface area contributed by atoms with Gasteiger partial charge in [0.1, 0.15) is 11.9 Å². The number of rotatable bonds is 4. The van der Waals surface area contributed by atoms with E-state index >= 15 is 0 Å². The van der Waals surface area contributed by atoms with Crippen molar-refractivity contribution < 1.29 is 14.4 Å². The van der Waals surface area contributed by atoms with Crippen LogP contribution in [-0.2, 0) is 4.74 Å². The summed E-state index contributed by atoms with van der Waals surface area (Å²) in [5, 5.41) is 13.8. The molecule has 21 heavy (non-hydrogen) atoms. The molecule has 2 rings (SSSR count). The Balaban J connectivity index is 2.39. The molecule has 0 aliphatic carbocycles. The molecule has 114 valence electrons. The lowest BCUT2D eigenvalue weighted by Crippen LogP contribution is -2.22. The Kier molecular flexibility index (Phi) is 4.32. The van der Waals surface area contributed by atoms with E-state index in [0.717, 1.165) is 11.1 Å². The fourth-order valence-corrected chi connectivity index (χ4v) is 2.18. The number of aromatic nitrogens is 2. The first-order valence-electron chi connectivity index (χ1n) is 7.08. The third kappa shape index (κ3) is 3.24. The summed E-state index contributed by atoms with van der Waals surface area (Å²) in [5.41, 5.74) is 1.32. The van der Waals surface area contributed by atoms with Gasteiger partial charge in [0, 0.05) is 17.7 Å². The average Bonchev–Trinajstić information content (AvgIpc) is 2.87. The van der Waals surface area contributed by atoms with Gasteiger partial charge in [0.2, 0.25) is 5.82 Å². The molecule has 0 saturated heterocycles. The normalized spacial score (nSPS) is 13.4. The van der Waals surface area contributed by atoms with E-state index in [-0.39, 0.29) is 17.3 Å². The smallest absolute Gasteiger partial charge is 0.258 e. The third-order valence-corrected chi connectivity index (χ3v) is 3.33. The van der Waals surface area contributed by atoms with Crippen LogP contribution in [0.3, 0.4) is 0 Å². The number of aromatic hydroxyl groups is 1. The van der Waals surface area contributed by atoms with Crippen molar-refractivity contribution in [1.29, 1.82) is 0 Å². The van der Waals surface area contributed by atoms with E-state index in [0.29, 0.717) is 18.3 Å². The molecule has 0 radical (unpaired) electrons. The highest BCUT2D eigenvalue weighted by molar-refractivity contribution is 5.61. The van der Waals surface area contributed by atoms with Gasteiger partial charge in [-0.2, -0.15) is 4.98 Å². The van der Waals surface area contributed by atoms with Crippen LogP contribution in [0.25, 0.3) is 11.5 Å². The number of hydrogen-bond donors (Lipinski definition) is 1. The average molecular weight is 290 g/mol. The van der Waals surface area contributed by atoms with Crippen LogP contribution in [0, 0.1) is 12.3 Å². The van der Waals surface area contributed by atoms with Gasteiger partial charge < -0.3 is 14.4 Å². The zero-order valence-electron chi connectivity index (χ0n) is 13.2. The third-order valence-electron chi connectivity index (χ3n) is 3.33. The van der Waals surface area contributed by atoms with Crippen molar-refractivity contribution in [3.63, 3.8) is 0 Å². The van der Waals surface area contributed by atoms with Gasteiger partial charge in [0.05, 0.1) is 0 Å². The van der Waals surface area contributed by atoms with Gasteiger partial charge in [0.15, 0.2) is 0 Å². The Morgan fingerprint density at radius 3 is 2.67 bits per heavy atom. The molecule has 0 aliphatic rings. The molecule has 1 aromatic heterocycles. The highest BCUT2D eigenvalue weighted by Crippen LogP contribution is 2.36. The summed E-state index contributed by atoms with van der Waals surface area (Å²) in [7, 11) is 0. The highest BCUT2D eigenvalue weighted by Gasteiger charge is 2.31. The van der Waals surface area contributed by atoms with Crippen LogP contribution >= 0.6 is 0 Å². The summed E-state index contributed by atoms with van der Waals surface area (Å²) >= 11 is 0. The summed E-state index contributed by atoms with van der Waals surface area (Å²) in [6, 6.07) is 5.23. The molecule has 1 unspecified atom stereocenters. The zero-order chi connectivity index (χ0) is 15.6. The van der Waals surface area contributed by atoms with Crippen molar-refractivity contribution >= 4 is 0 Å². The Morgan fingerprint density at radius 1 is 1.33 bits per heavy atom. The van der Waals surface area contributed by atoms with Crippen LogP contribution in [0.2, 0.25) is 0 Å². The maximum absolute atomic E-state index is 9.78. The maximum Gasteiger partial charge on any atom is 0.258 e. The van der Waals surface area contributed by atoms with Gasteiger partial charge >= 0.3 is 0 Å². The minimum Gasteiger partial charge on any atom is -0.508 e. The van der Waals surface area contributed by atoms with E-state index in [4.69, 9.17) is 9.26 Å². The van der Waals surface area contributed by atoms with Crippen molar-refractivity contribution in [2.45, 2.75) is 40.7 Å². The van der Waals surface area contributed by atoms with Crippen molar-refractivity contribution in [2.75, 3.05) is 6.61 Å².